The quantitative estimate of drug-likeness (QED) is 0.177. The standard InChI is InChI=1S/C33H26N6O3S/c1-2-42-32(41)31-37-39(26-21-13-6-14-22-26)33(43-31)35-34-30(40)29-27(23-15-7-3-8-16-23)28(24-17-9-4-10-18-24)36-38(29)25-19-11-5-12-20-25/h3-22H,2H2,1H3,(H,34,40)/b35-33-. The van der Waals surface area contributed by atoms with E-state index in [4.69, 9.17) is 9.84 Å². The van der Waals surface area contributed by atoms with Crippen LogP contribution in [0.2, 0.25) is 0 Å². The normalized spacial score (nSPS) is 11.3. The van der Waals surface area contributed by atoms with Gasteiger partial charge in [-0.05, 0) is 36.8 Å². The Labute approximate surface area is 251 Å². The lowest BCUT2D eigenvalue weighted by molar-refractivity contribution is 0.0524. The number of carbonyl (C=O) groups excluding carboxylic acids is 2. The Balaban J connectivity index is 1.51. The third-order valence-corrected chi connectivity index (χ3v) is 7.36. The minimum absolute atomic E-state index is 0.115. The monoisotopic (exact) mass is 586 g/mol. The predicted octanol–water partition coefficient (Wildman–Crippen LogP) is 5.88. The Hall–Kier alpha value is -5.61. The lowest BCUT2D eigenvalue weighted by atomic mass is 9.98. The van der Waals surface area contributed by atoms with Crippen LogP contribution in [0, 0.1) is 0 Å². The Kier molecular flexibility index (Phi) is 8.01. The number of para-hydroxylation sites is 2. The van der Waals surface area contributed by atoms with Gasteiger partial charge in [-0.15, -0.1) is 10.2 Å². The first-order chi connectivity index (χ1) is 21.1. The van der Waals surface area contributed by atoms with Crippen molar-refractivity contribution in [3.63, 3.8) is 0 Å². The molecule has 0 spiro atoms. The highest BCUT2D eigenvalue weighted by Gasteiger charge is 2.27. The van der Waals surface area contributed by atoms with Gasteiger partial charge in [-0.25, -0.2) is 19.6 Å². The van der Waals surface area contributed by atoms with Gasteiger partial charge in [0.15, 0.2) is 0 Å². The second kappa shape index (κ2) is 12.5. The van der Waals surface area contributed by atoms with Crippen molar-refractivity contribution in [1.29, 1.82) is 0 Å². The number of rotatable bonds is 8. The van der Waals surface area contributed by atoms with Crippen LogP contribution in [-0.4, -0.2) is 38.0 Å². The molecule has 4 aromatic carbocycles. The van der Waals surface area contributed by atoms with Gasteiger partial charge >= 0.3 is 5.97 Å². The van der Waals surface area contributed by atoms with Crippen molar-refractivity contribution in [3.05, 3.63) is 137 Å². The smallest absolute Gasteiger partial charge is 0.369 e. The average molecular weight is 587 g/mol. The lowest BCUT2D eigenvalue weighted by Crippen LogP contribution is -2.26. The van der Waals surface area contributed by atoms with E-state index in [9.17, 15) is 9.59 Å². The number of ether oxygens (including phenoxy) is 1. The van der Waals surface area contributed by atoms with E-state index in [1.54, 1.807) is 11.6 Å². The Bertz CT molecular complexity index is 1930. The highest BCUT2D eigenvalue weighted by Crippen LogP contribution is 2.36. The zero-order chi connectivity index (χ0) is 29.6. The molecule has 212 valence electrons. The van der Waals surface area contributed by atoms with Crippen LogP contribution in [-0.2, 0) is 4.74 Å². The van der Waals surface area contributed by atoms with Crippen LogP contribution >= 0.6 is 11.3 Å². The van der Waals surface area contributed by atoms with E-state index in [0.717, 1.165) is 22.5 Å². The second-order valence-corrected chi connectivity index (χ2v) is 10.2. The summed E-state index contributed by atoms with van der Waals surface area (Å²) in [6, 6.07) is 38.1. The first-order valence-electron chi connectivity index (χ1n) is 13.6. The van der Waals surface area contributed by atoms with Gasteiger partial charge in [0.1, 0.15) is 11.4 Å². The molecule has 0 radical (unpaired) electrons. The van der Waals surface area contributed by atoms with Crippen molar-refractivity contribution < 1.29 is 14.3 Å². The van der Waals surface area contributed by atoms with Gasteiger partial charge in [-0.1, -0.05) is 108 Å². The number of amides is 1. The summed E-state index contributed by atoms with van der Waals surface area (Å²) in [5.74, 6) is -1.05. The molecule has 43 heavy (non-hydrogen) atoms. The fraction of sp³-hybridized carbons (Fsp3) is 0.0606. The molecule has 9 nitrogen and oxygen atoms in total. The molecule has 1 amide bonds. The Morgan fingerprint density at radius 2 is 1.28 bits per heavy atom. The van der Waals surface area contributed by atoms with Crippen molar-refractivity contribution in [3.8, 4) is 33.8 Å². The molecule has 0 saturated heterocycles. The van der Waals surface area contributed by atoms with Gasteiger partial charge in [0.05, 0.1) is 18.0 Å². The highest BCUT2D eigenvalue weighted by atomic mass is 32.1. The van der Waals surface area contributed by atoms with Crippen LogP contribution in [0.15, 0.2) is 126 Å². The summed E-state index contributed by atoms with van der Waals surface area (Å²) in [7, 11) is 0. The zero-order valence-electron chi connectivity index (χ0n) is 23.1. The molecule has 0 saturated carbocycles. The third kappa shape index (κ3) is 5.77. The van der Waals surface area contributed by atoms with Crippen LogP contribution in [0.3, 0.4) is 0 Å². The number of hydrogen-bond acceptors (Lipinski definition) is 7. The summed E-state index contributed by atoms with van der Waals surface area (Å²) in [5, 5.41) is 13.9. The first-order valence-corrected chi connectivity index (χ1v) is 14.4. The molecular formula is C33H26N6O3S. The largest absolute Gasteiger partial charge is 0.461 e. The molecule has 0 aliphatic carbocycles. The zero-order valence-corrected chi connectivity index (χ0v) is 23.9. The van der Waals surface area contributed by atoms with Gasteiger partial charge < -0.3 is 4.74 Å². The fourth-order valence-corrected chi connectivity index (χ4v) is 5.34. The highest BCUT2D eigenvalue weighted by molar-refractivity contribution is 7.10. The van der Waals surface area contributed by atoms with Gasteiger partial charge in [0, 0.05) is 11.1 Å². The molecule has 0 unspecified atom stereocenters. The van der Waals surface area contributed by atoms with Gasteiger partial charge in [-0.2, -0.15) is 5.10 Å². The van der Waals surface area contributed by atoms with Gasteiger partial charge in [-0.3, -0.25) is 4.79 Å². The number of nitrogens with zero attached hydrogens (tertiary/aromatic N) is 5. The van der Waals surface area contributed by atoms with E-state index < -0.39 is 11.9 Å². The summed E-state index contributed by atoms with van der Waals surface area (Å²) >= 11 is 1.02. The van der Waals surface area contributed by atoms with Crippen LogP contribution < -0.4 is 10.2 Å². The molecule has 0 aliphatic heterocycles. The number of nitrogens with one attached hydrogen (secondary N) is 1. The average Bonchev–Trinajstić information content (AvgIpc) is 3.68. The summed E-state index contributed by atoms with van der Waals surface area (Å²) in [4.78, 5) is 27.0. The molecule has 0 aliphatic rings. The Morgan fingerprint density at radius 1 is 0.744 bits per heavy atom. The third-order valence-electron chi connectivity index (χ3n) is 6.47. The Morgan fingerprint density at radius 3 is 1.86 bits per heavy atom. The maximum absolute atomic E-state index is 14.2. The van der Waals surface area contributed by atoms with E-state index in [1.807, 2.05) is 121 Å². The number of carbonyl (C=O) groups is 2. The first kappa shape index (κ1) is 27.6. The predicted molar refractivity (Wildman–Crippen MR) is 165 cm³/mol. The minimum Gasteiger partial charge on any atom is -0.461 e. The second-order valence-electron chi connectivity index (χ2n) is 9.26. The minimum atomic E-state index is -0.564. The molecule has 0 fully saturated rings. The molecule has 2 aromatic heterocycles. The van der Waals surface area contributed by atoms with Crippen LogP contribution in [0.25, 0.3) is 33.8 Å². The summed E-state index contributed by atoms with van der Waals surface area (Å²) in [6.45, 7) is 1.94. The molecule has 6 aromatic rings. The maximum Gasteiger partial charge on any atom is 0.369 e. The molecule has 6 rings (SSSR count). The van der Waals surface area contributed by atoms with E-state index in [2.05, 4.69) is 15.6 Å². The number of aromatic nitrogens is 4. The van der Waals surface area contributed by atoms with Crippen LogP contribution in [0.4, 0.5) is 0 Å². The van der Waals surface area contributed by atoms with Crippen molar-refractivity contribution in [1.82, 2.24) is 25.0 Å². The summed E-state index contributed by atoms with van der Waals surface area (Å²) in [5.41, 5.74) is 7.43. The summed E-state index contributed by atoms with van der Waals surface area (Å²) < 4.78 is 8.29. The van der Waals surface area contributed by atoms with Crippen LogP contribution in [0.1, 0.15) is 27.2 Å². The van der Waals surface area contributed by atoms with Crippen LogP contribution in [0.5, 0.6) is 0 Å². The molecule has 0 bridgehead atoms. The van der Waals surface area contributed by atoms with Gasteiger partial charge in [0.2, 0.25) is 9.81 Å². The fourth-order valence-electron chi connectivity index (χ4n) is 4.58. The van der Waals surface area contributed by atoms with Crippen molar-refractivity contribution >= 4 is 23.2 Å². The topological polar surface area (TPSA) is 103 Å². The van der Waals surface area contributed by atoms with E-state index in [1.165, 1.54) is 4.68 Å². The molecule has 10 heteroatoms. The van der Waals surface area contributed by atoms with Gasteiger partial charge in [0.25, 0.3) is 5.91 Å². The van der Waals surface area contributed by atoms with Crippen molar-refractivity contribution in [2.24, 2.45) is 5.10 Å². The number of esters is 1. The van der Waals surface area contributed by atoms with Crippen molar-refractivity contribution in [2.45, 2.75) is 6.92 Å². The number of hydrogen-bond donors (Lipinski definition) is 1. The molecule has 2 heterocycles. The van der Waals surface area contributed by atoms with E-state index >= 15 is 0 Å². The summed E-state index contributed by atoms with van der Waals surface area (Å²) in [6.07, 6.45) is 0. The van der Waals surface area contributed by atoms with E-state index in [0.29, 0.717) is 28.3 Å². The molecular weight excluding hydrogens is 560 g/mol. The van der Waals surface area contributed by atoms with Crippen molar-refractivity contribution in [2.75, 3.05) is 6.61 Å². The maximum atomic E-state index is 14.2. The SMILES string of the molecule is CCOC(=O)c1nn(-c2ccccc2)/c(=N/NC(=O)c2c(-c3ccccc3)c(-c3ccccc3)nn2-c2ccccc2)s1. The number of benzene rings is 4. The molecule has 0 atom stereocenters. The van der Waals surface area contributed by atoms with E-state index in [-0.39, 0.29) is 16.4 Å². The molecule has 1 N–H and O–H groups in total. The lowest BCUT2D eigenvalue weighted by Gasteiger charge is -2.09.